The number of carbonyl (C=O) groups excluding carboxylic acids is 1. The molecule has 3 N–H and O–H groups in total. The van der Waals surface area contributed by atoms with Crippen molar-refractivity contribution in [2.75, 3.05) is 20.8 Å². The van der Waals surface area contributed by atoms with Gasteiger partial charge in [-0.3, -0.25) is 4.79 Å². The molecule has 5 heteroatoms. The Morgan fingerprint density at radius 2 is 1.88 bits per heavy atom. The smallest absolute Gasteiger partial charge is 0.182 e. The molecule has 0 aliphatic rings. The summed E-state index contributed by atoms with van der Waals surface area (Å²) in [5.74, 6) is 0.705. The third-order valence-electron chi connectivity index (χ3n) is 2.53. The minimum Gasteiger partial charge on any atom is -0.493 e. The van der Waals surface area contributed by atoms with E-state index in [0.717, 1.165) is 5.56 Å². The van der Waals surface area contributed by atoms with Crippen LogP contribution in [0.4, 0.5) is 0 Å². The molecule has 17 heavy (non-hydrogen) atoms. The fourth-order valence-electron chi connectivity index (χ4n) is 1.53. The van der Waals surface area contributed by atoms with E-state index in [1.54, 1.807) is 19.1 Å². The number of methoxy groups -OCH3 is 2. The van der Waals surface area contributed by atoms with Crippen LogP contribution in [0.3, 0.4) is 0 Å². The van der Waals surface area contributed by atoms with Gasteiger partial charge >= 0.3 is 0 Å². The van der Waals surface area contributed by atoms with E-state index in [1.807, 2.05) is 0 Å². The summed E-state index contributed by atoms with van der Waals surface area (Å²) in [6, 6.07) is 2.37. The second-order valence-corrected chi connectivity index (χ2v) is 3.68. The molecular formula is C12H17NO4. The van der Waals surface area contributed by atoms with Crippen LogP contribution in [0.1, 0.15) is 15.9 Å². The van der Waals surface area contributed by atoms with Crippen LogP contribution in [0, 0.1) is 6.92 Å². The zero-order valence-corrected chi connectivity index (χ0v) is 10.2. The molecule has 94 valence electrons. The Morgan fingerprint density at radius 3 is 2.35 bits per heavy atom. The quantitative estimate of drug-likeness (QED) is 0.732. The molecule has 0 aromatic heterocycles. The van der Waals surface area contributed by atoms with E-state index in [4.69, 9.17) is 20.3 Å². The number of nitrogens with two attached hydrogens (primary N) is 1. The van der Waals surface area contributed by atoms with Gasteiger partial charge in [0.25, 0.3) is 0 Å². The van der Waals surface area contributed by atoms with E-state index in [2.05, 4.69) is 0 Å². The highest BCUT2D eigenvalue weighted by atomic mass is 16.5. The molecule has 1 unspecified atom stereocenters. The van der Waals surface area contributed by atoms with Gasteiger partial charge in [0.1, 0.15) is 0 Å². The van der Waals surface area contributed by atoms with Crippen molar-refractivity contribution in [3.8, 4) is 11.5 Å². The number of aliphatic hydroxyl groups excluding tert-OH is 1. The summed E-state index contributed by atoms with van der Waals surface area (Å²) in [6.07, 6.45) is 0. The molecule has 0 saturated heterocycles. The molecule has 0 spiro atoms. The van der Waals surface area contributed by atoms with Gasteiger partial charge in [0.15, 0.2) is 17.3 Å². The summed E-state index contributed by atoms with van der Waals surface area (Å²) < 4.78 is 10.2. The van der Waals surface area contributed by atoms with Crippen molar-refractivity contribution < 1.29 is 19.4 Å². The number of rotatable bonds is 5. The van der Waals surface area contributed by atoms with Crippen LogP contribution >= 0.6 is 0 Å². The van der Waals surface area contributed by atoms with Gasteiger partial charge in [-0.1, -0.05) is 0 Å². The number of benzene rings is 1. The van der Waals surface area contributed by atoms with Crippen LogP contribution in [-0.4, -0.2) is 37.8 Å². The standard InChI is InChI=1S/C12H17NO4/c1-7-4-10(16-2)11(17-3)5-8(7)12(15)9(13)6-14/h4-5,9,14H,6,13H2,1-3H3. The van der Waals surface area contributed by atoms with E-state index >= 15 is 0 Å². The normalized spacial score (nSPS) is 12.1. The number of ether oxygens (including phenoxy) is 2. The largest absolute Gasteiger partial charge is 0.493 e. The van der Waals surface area contributed by atoms with Crippen molar-refractivity contribution in [2.45, 2.75) is 13.0 Å². The third-order valence-corrected chi connectivity index (χ3v) is 2.53. The van der Waals surface area contributed by atoms with Crippen LogP contribution in [0.2, 0.25) is 0 Å². The molecule has 0 radical (unpaired) electrons. The van der Waals surface area contributed by atoms with Crippen LogP contribution in [0.15, 0.2) is 12.1 Å². The number of carbonyl (C=O) groups is 1. The highest BCUT2D eigenvalue weighted by Gasteiger charge is 2.19. The van der Waals surface area contributed by atoms with Gasteiger partial charge in [-0.15, -0.1) is 0 Å². The van der Waals surface area contributed by atoms with Crippen molar-refractivity contribution in [1.82, 2.24) is 0 Å². The summed E-state index contributed by atoms with van der Waals surface area (Å²) in [4.78, 5) is 11.9. The van der Waals surface area contributed by atoms with Crippen molar-refractivity contribution in [1.29, 1.82) is 0 Å². The van der Waals surface area contributed by atoms with Gasteiger partial charge in [0.2, 0.25) is 0 Å². The second-order valence-electron chi connectivity index (χ2n) is 3.68. The van der Waals surface area contributed by atoms with Crippen molar-refractivity contribution in [3.63, 3.8) is 0 Å². The SMILES string of the molecule is COc1cc(C)c(C(=O)C(N)CO)cc1OC. The van der Waals surface area contributed by atoms with Crippen molar-refractivity contribution >= 4 is 5.78 Å². The molecule has 1 aromatic rings. The van der Waals surface area contributed by atoms with Crippen LogP contribution in [0.5, 0.6) is 11.5 Å². The lowest BCUT2D eigenvalue weighted by molar-refractivity contribution is 0.0924. The zero-order chi connectivity index (χ0) is 13.0. The maximum atomic E-state index is 11.9. The predicted octanol–water partition coefficient (Wildman–Crippen LogP) is 0.515. The van der Waals surface area contributed by atoms with Gasteiger partial charge < -0.3 is 20.3 Å². The molecule has 0 aliphatic carbocycles. The van der Waals surface area contributed by atoms with Crippen LogP contribution < -0.4 is 15.2 Å². The number of hydrogen-bond acceptors (Lipinski definition) is 5. The molecular weight excluding hydrogens is 222 g/mol. The van der Waals surface area contributed by atoms with Crippen molar-refractivity contribution in [2.24, 2.45) is 5.73 Å². The molecule has 0 aliphatic heterocycles. The zero-order valence-electron chi connectivity index (χ0n) is 10.2. The molecule has 0 heterocycles. The van der Waals surface area contributed by atoms with E-state index in [-0.39, 0.29) is 12.4 Å². The molecule has 1 atom stereocenters. The Balaban J connectivity index is 3.21. The summed E-state index contributed by atoms with van der Waals surface area (Å²) in [5.41, 5.74) is 6.68. The van der Waals surface area contributed by atoms with Gasteiger partial charge in [-0.25, -0.2) is 0 Å². The van der Waals surface area contributed by atoms with E-state index in [1.165, 1.54) is 14.2 Å². The number of aliphatic hydroxyl groups is 1. The fourth-order valence-corrected chi connectivity index (χ4v) is 1.53. The van der Waals surface area contributed by atoms with Gasteiger partial charge in [0.05, 0.1) is 26.9 Å². The summed E-state index contributed by atoms with van der Waals surface area (Å²) in [5, 5.41) is 8.88. The van der Waals surface area contributed by atoms with E-state index in [0.29, 0.717) is 17.1 Å². The average molecular weight is 239 g/mol. The highest BCUT2D eigenvalue weighted by Crippen LogP contribution is 2.30. The number of aryl methyl sites for hydroxylation is 1. The highest BCUT2D eigenvalue weighted by molar-refractivity contribution is 6.01. The fraction of sp³-hybridized carbons (Fsp3) is 0.417. The van der Waals surface area contributed by atoms with Crippen LogP contribution in [0.25, 0.3) is 0 Å². The van der Waals surface area contributed by atoms with E-state index in [9.17, 15) is 4.79 Å². The Bertz CT molecular complexity index is 417. The molecule has 5 nitrogen and oxygen atoms in total. The number of Topliss-reactive ketones (excluding diaryl/α,β-unsaturated/α-hetero) is 1. The van der Waals surface area contributed by atoms with Gasteiger partial charge in [-0.2, -0.15) is 0 Å². The minimum atomic E-state index is -0.910. The first-order valence-electron chi connectivity index (χ1n) is 5.18. The maximum Gasteiger partial charge on any atom is 0.182 e. The summed E-state index contributed by atoms with van der Waals surface area (Å²) in [6.45, 7) is 1.39. The first kappa shape index (κ1) is 13.5. The molecule has 0 fully saturated rings. The first-order valence-corrected chi connectivity index (χ1v) is 5.18. The van der Waals surface area contributed by atoms with Gasteiger partial charge in [0, 0.05) is 5.56 Å². The summed E-state index contributed by atoms with van der Waals surface area (Å²) >= 11 is 0. The number of ketones is 1. The van der Waals surface area contributed by atoms with Crippen molar-refractivity contribution in [3.05, 3.63) is 23.3 Å². The molecule has 0 bridgehead atoms. The lowest BCUT2D eigenvalue weighted by Gasteiger charge is -2.14. The third kappa shape index (κ3) is 2.75. The molecule has 0 saturated carbocycles. The minimum absolute atomic E-state index is 0.314. The monoisotopic (exact) mass is 239 g/mol. The Labute approximate surface area is 100 Å². The Kier molecular flexibility index (Phi) is 4.48. The first-order chi connectivity index (χ1) is 8.04. The average Bonchev–Trinajstić information content (AvgIpc) is 2.36. The molecule has 1 rings (SSSR count). The predicted molar refractivity (Wildman–Crippen MR) is 63.7 cm³/mol. The Hall–Kier alpha value is -1.59. The van der Waals surface area contributed by atoms with Crippen LogP contribution in [-0.2, 0) is 0 Å². The lowest BCUT2D eigenvalue weighted by Crippen LogP contribution is -2.34. The topological polar surface area (TPSA) is 81.8 Å². The number of hydrogen-bond donors (Lipinski definition) is 2. The Morgan fingerprint density at radius 1 is 1.35 bits per heavy atom. The molecule has 0 amide bonds. The molecule has 1 aromatic carbocycles. The maximum absolute atomic E-state index is 11.9. The second kappa shape index (κ2) is 5.65. The lowest BCUT2D eigenvalue weighted by atomic mass is 9.99. The van der Waals surface area contributed by atoms with Gasteiger partial charge in [-0.05, 0) is 24.6 Å². The van der Waals surface area contributed by atoms with E-state index < -0.39 is 6.04 Å². The summed E-state index contributed by atoms with van der Waals surface area (Å²) in [7, 11) is 3.02.